The summed E-state index contributed by atoms with van der Waals surface area (Å²) in [6.07, 6.45) is 0.982. The van der Waals surface area contributed by atoms with Gasteiger partial charge in [-0.25, -0.2) is 0 Å². The van der Waals surface area contributed by atoms with Crippen molar-refractivity contribution < 1.29 is 4.79 Å². The zero-order chi connectivity index (χ0) is 15.9. The molecular weight excluding hydrogens is 274 g/mol. The molecule has 0 aliphatic carbocycles. The summed E-state index contributed by atoms with van der Waals surface area (Å²) in [5.41, 5.74) is 2.70. The minimum absolute atomic E-state index is 0.154. The van der Waals surface area contributed by atoms with Crippen molar-refractivity contribution >= 4 is 5.91 Å². The highest BCUT2D eigenvalue weighted by molar-refractivity contribution is 5.78. The summed E-state index contributed by atoms with van der Waals surface area (Å²) in [7, 11) is 0. The van der Waals surface area contributed by atoms with Crippen LogP contribution in [0, 0.1) is 6.92 Å². The molecule has 1 aliphatic rings. The van der Waals surface area contributed by atoms with Crippen LogP contribution in [-0.4, -0.2) is 54.5 Å². The van der Waals surface area contributed by atoms with Crippen molar-refractivity contribution in [2.75, 3.05) is 32.7 Å². The lowest BCUT2D eigenvalue weighted by atomic mass is 10.1. The van der Waals surface area contributed by atoms with Crippen molar-refractivity contribution in [2.45, 2.75) is 39.8 Å². The fraction of sp³-hybridized carbons (Fsp3) is 0.611. The first-order valence-corrected chi connectivity index (χ1v) is 8.36. The molecule has 0 spiro atoms. The number of benzene rings is 1. The molecule has 1 aromatic rings. The predicted molar refractivity (Wildman–Crippen MR) is 90.8 cm³/mol. The molecular formula is C18H29N3O. The van der Waals surface area contributed by atoms with Crippen LogP contribution in [0.4, 0.5) is 0 Å². The summed E-state index contributed by atoms with van der Waals surface area (Å²) in [6, 6.07) is 8.98. The summed E-state index contributed by atoms with van der Waals surface area (Å²) >= 11 is 0. The quantitative estimate of drug-likeness (QED) is 0.873. The Morgan fingerprint density at radius 2 is 1.91 bits per heavy atom. The van der Waals surface area contributed by atoms with Gasteiger partial charge in [-0.15, -0.1) is 0 Å². The molecule has 2 rings (SSSR count). The second-order valence-electron chi connectivity index (χ2n) is 6.42. The van der Waals surface area contributed by atoms with Gasteiger partial charge in [0.1, 0.15) is 0 Å². The fourth-order valence-corrected chi connectivity index (χ4v) is 2.80. The average Bonchev–Trinajstić information content (AvgIpc) is 2.49. The van der Waals surface area contributed by atoms with Gasteiger partial charge in [0.25, 0.3) is 0 Å². The second-order valence-corrected chi connectivity index (χ2v) is 6.42. The zero-order valence-corrected chi connectivity index (χ0v) is 14.1. The molecule has 1 N–H and O–H groups in total. The highest BCUT2D eigenvalue weighted by Crippen LogP contribution is 2.10. The van der Waals surface area contributed by atoms with Crippen molar-refractivity contribution in [3.8, 4) is 0 Å². The van der Waals surface area contributed by atoms with E-state index in [0.29, 0.717) is 6.54 Å². The van der Waals surface area contributed by atoms with Crippen LogP contribution in [0.5, 0.6) is 0 Å². The maximum absolute atomic E-state index is 11.9. The summed E-state index contributed by atoms with van der Waals surface area (Å²) in [5, 5.41) is 3.04. The van der Waals surface area contributed by atoms with Gasteiger partial charge < -0.3 is 5.32 Å². The first-order valence-electron chi connectivity index (χ1n) is 8.36. The number of carbonyl (C=O) groups excluding carboxylic acids is 1. The molecule has 1 aliphatic heterocycles. The molecule has 1 saturated heterocycles. The third-order valence-electron chi connectivity index (χ3n) is 4.34. The Labute approximate surface area is 134 Å². The van der Waals surface area contributed by atoms with Crippen LogP contribution in [0.3, 0.4) is 0 Å². The van der Waals surface area contributed by atoms with Crippen molar-refractivity contribution in [3.05, 3.63) is 35.4 Å². The van der Waals surface area contributed by atoms with Crippen LogP contribution < -0.4 is 5.32 Å². The average molecular weight is 303 g/mol. The van der Waals surface area contributed by atoms with E-state index in [1.807, 2.05) is 0 Å². The largest absolute Gasteiger partial charge is 0.353 e. The number of hydrogen-bond acceptors (Lipinski definition) is 3. The Morgan fingerprint density at radius 1 is 1.23 bits per heavy atom. The van der Waals surface area contributed by atoms with E-state index in [4.69, 9.17) is 0 Å². The van der Waals surface area contributed by atoms with Gasteiger partial charge in [0.2, 0.25) is 5.91 Å². The zero-order valence-electron chi connectivity index (χ0n) is 14.1. The van der Waals surface area contributed by atoms with Gasteiger partial charge in [-0.3, -0.25) is 14.6 Å². The third-order valence-corrected chi connectivity index (χ3v) is 4.34. The van der Waals surface area contributed by atoms with Crippen molar-refractivity contribution in [1.29, 1.82) is 0 Å². The van der Waals surface area contributed by atoms with Gasteiger partial charge in [0.05, 0.1) is 6.54 Å². The Bertz CT molecular complexity index is 481. The number of carbonyl (C=O) groups is 1. The smallest absolute Gasteiger partial charge is 0.234 e. The Hall–Kier alpha value is -1.39. The van der Waals surface area contributed by atoms with Crippen LogP contribution in [0.15, 0.2) is 24.3 Å². The molecule has 1 aromatic carbocycles. The summed E-state index contributed by atoms with van der Waals surface area (Å²) in [6.45, 7) is 11.8. The van der Waals surface area contributed by atoms with Crippen LogP contribution in [0.25, 0.3) is 0 Å². The molecule has 22 heavy (non-hydrogen) atoms. The fourth-order valence-electron chi connectivity index (χ4n) is 2.80. The van der Waals surface area contributed by atoms with Crippen LogP contribution in [0.1, 0.15) is 31.4 Å². The molecule has 1 amide bonds. The lowest BCUT2D eigenvalue weighted by Crippen LogP contribution is -2.49. The van der Waals surface area contributed by atoms with Gasteiger partial charge in [-0.2, -0.15) is 0 Å². The highest BCUT2D eigenvalue weighted by Gasteiger charge is 2.19. The highest BCUT2D eigenvalue weighted by atomic mass is 16.2. The number of amides is 1. The summed E-state index contributed by atoms with van der Waals surface area (Å²) in [4.78, 5) is 16.6. The number of nitrogens with one attached hydrogen (secondary N) is 1. The van der Waals surface area contributed by atoms with Gasteiger partial charge in [-0.1, -0.05) is 36.8 Å². The lowest BCUT2D eigenvalue weighted by molar-refractivity contribution is -0.123. The van der Waals surface area contributed by atoms with E-state index >= 15 is 0 Å². The SMILES string of the molecule is CCC(C)NC(=O)CN1CCN(Cc2cccc(C)c2)CC1. The Kier molecular flexibility index (Phi) is 6.40. The van der Waals surface area contributed by atoms with Gasteiger partial charge in [-0.05, 0) is 25.8 Å². The Morgan fingerprint density at radius 3 is 2.55 bits per heavy atom. The molecule has 1 unspecified atom stereocenters. The minimum Gasteiger partial charge on any atom is -0.353 e. The van der Waals surface area contributed by atoms with E-state index in [9.17, 15) is 4.79 Å². The maximum Gasteiger partial charge on any atom is 0.234 e. The van der Waals surface area contributed by atoms with Crippen molar-refractivity contribution in [1.82, 2.24) is 15.1 Å². The normalized spacial score (nSPS) is 18.1. The summed E-state index contributed by atoms with van der Waals surface area (Å²) in [5.74, 6) is 0.154. The van der Waals surface area contributed by atoms with Crippen molar-refractivity contribution in [3.63, 3.8) is 0 Å². The maximum atomic E-state index is 11.9. The molecule has 0 saturated carbocycles. The molecule has 1 atom stereocenters. The van der Waals surface area contributed by atoms with E-state index in [0.717, 1.165) is 39.1 Å². The van der Waals surface area contributed by atoms with Gasteiger partial charge >= 0.3 is 0 Å². The number of nitrogens with zero attached hydrogens (tertiary/aromatic N) is 2. The first kappa shape index (κ1) is 17.0. The van der Waals surface area contributed by atoms with Crippen LogP contribution in [-0.2, 0) is 11.3 Å². The summed E-state index contributed by atoms with van der Waals surface area (Å²) < 4.78 is 0. The number of hydrogen-bond donors (Lipinski definition) is 1. The molecule has 4 nitrogen and oxygen atoms in total. The van der Waals surface area contributed by atoms with Gasteiger partial charge in [0.15, 0.2) is 0 Å². The molecule has 0 bridgehead atoms. The van der Waals surface area contributed by atoms with E-state index < -0.39 is 0 Å². The second kappa shape index (κ2) is 8.30. The monoisotopic (exact) mass is 303 g/mol. The van der Waals surface area contributed by atoms with Gasteiger partial charge in [0, 0.05) is 38.8 Å². The molecule has 1 fully saturated rings. The standard InChI is InChI=1S/C18H29N3O/c1-4-16(3)19-18(22)14-21-10-8-20(9-11-21)13-17-7-5-6-15(2)12-17/h5-7,12,16H,4,8-11,13-14H2,1-3H3,(H,19,22). The molecule has 0 aromatic heterocycles. The van der Waals surface area contributed by atoms with E-state index in [1.54, 1.807) is 0 Å². The molecule has 0 radical (unpaired) electrons. The molecule has 122 valence electrons. The van der Waals surface area contributed by atoms with E-state index in [1.165, 1.54) is 11.1 Å². The molecule has 1 heterocycles. The lowest BCUT2D eigenvalue weighted by Gasteiger charge is -2.34. The number of aryl methyl sites for hydroxylation is 1. The van der Waals surface area contributed by atoms with Crippen molar-refractivity contribution in [2.24, 2.45) is 0 Å². The minimum atomic E-state index is 0.154. The van der Waals surface area contributed by atoms with E-state index in [-0.39, 0.29) is 11.9 Å². The Balaban J connectivity index is 1.72. The number of rotatable bonds is 6. The van der Waals surface area contributed by atoms with Crippen LogP contribution in [0.2, 0.25) is 0 Å². The number of piperazine rings is 1. The topological polar surface area (TPSA) is 35.6 Å². The first-order chi connectivity index (χ1) is 10.6. The third kappa shape index (κ3) is 5.43. The van der Waals surface area contributed by atoms with Crippen LogP contribution >= 0.6 is 0 Å². The van der Waals surface area contributed by atoms with E-state index in [2.05, 4.69) is 60.2 Å². The molecule has 4 heteroatoms. The predicted octanol–water partition coefficient (Wildman–Crippen LogP) is 2.03.